The number of carbonyl (C=O) groups is 2. The summed E-state index contributed by atoms with van der Waals surface area (Å²) in [6, 6.07) is 2.52. The van der Waals surface area contributed by atoms with Gasteiger partial charge in [0.25, 0.3) is 5.91 Å². The number of nitrogens with zero attached hydrogens (tertiary/aromatic N) is 2. The van der Waals surface area contributed by atoms with E-state index in [2.05, 4.69) is 9.72 Å². The first-order valence-electron chi connectivity index (χ1n) is 7.89. The first-order valence-corrected chi connectivity index (χ1v) is 7.89. The molecule has 138 valence electrons. The van der Waals surface area contributed by atoms with E-state index >= 15 is 0 Å². The van der Waals surface area contributed by atoms with E-state index in [4.69, 9.17) is 4.74 Å². The molecule has 1 fully saturated rings. The smallest absolute Gasteiger partial charge is 0.422 e. The molecule has 0 aliphatic heterocycles. The molecule has 0 N–H and O–H groups in total. The van der Waals surface area contributed by atoms with Crippen LogP contribution in [0.25, 0.3) is 0 Å². The number of rotatable bonds is 8. The Morgan fingerprint density at radius 3 is 2.56 bits per heavy atom. The lowest BCUT2D eigenvalue weighted by Gasteiger charge is -2.21. The summed E-state index contributed by atoms with van der Waals surface area (Å²) in [7, 11) is 0. The Bertz CT molecular complexity index is 600. The summed E-state index contributed by atoms with van der Waals surface area (Å²) in [4.78, 5) is 29.3. The number of alkyl halides is 3. The lowest BCUT2D eigenvalue weighted by molar-refractivity contribution is -0.154. The Labute approximate surface area is 142 Å². The van der Waals surface area contributed by atoms with Gasteiger partial charge in [-0.05, 0) is 31.7 Å². The van der Waals surface area contributed by atoms with Gasteiger partial charge in [-0.3, -0.25) is 9.59 Å². The van der Waals surface area contributed by atoms with Crippen LogP contribution in [-0.4, -0.2) is 54.2 Å². The molecule has 1 aromatic rings. The maximum atomic E-state index is 12.5. The van der Waals surface area contributed by atoms with Crippen molar-refractivity contribution in [1.82, 2.24) is 9.88 Å². The Kier molecular flexibility index (Phi) is 6.22. The topological polar surface area (TPSA) is 68.7 Å². The summed E-state index contributed by atoms with van der Waals surface area (Å²) in [5, 5.41) is 0. The summed E-state index contributed by atoms with van der Waals surface area (Å²) in [5.74, 6) is -0.793. The summed E-state index contributed by atoms with van der Waals surface area (Å²) in [6.45, 7) is 0.703. The third-order valence-electron chi connectivity index (χ3n) is 3.46. The number of halogens is 3. The molecule has 1 aromatic heterocycles. The minimum Gasteiger partial charge on any atom is -0.468 e. The molecule has 6 nitrogen and oxygen atoms in total. The summed E-state index contributed by atoms with van der Waals surface area (Å²) in [6.07, 6.45) is -1.33. The minimum absolute atomic E-state index is 0.171. The number of esters is 1. The molecule has 0 saturated heterocycles. The predicted octanol–water partition coefficient (Wildman–Crippen LogP) is 2.44. The highest BCUT2D eigenvalue weighted by Crippen LogP contribution is 2.30. The number of carbonyl (C=O) groups excluding carboxylic acids is 2. The van der Waals surface area contributed by atoms with Crippen molar-refractivity contribution in [1.29, 1.82) is 0 Å². The fraction of sp³-hybridized carbons (Fsp3) is 0.562. The monoisotopic (exact) mass is 360 g/mol. The normalized spacial score (nSPS) is 14.1. The van der Waals surface area contributed by atoms with E-state index in [1.807, 2.05) is 0 Å². The Morgan fingerprint density at radius 1 is 1.32 bits per heavy atom. The van der Waals surface area contributed by atoms with Crippen LogP contribution in [0.1, 0.15) is 30.1 Å². The van der Waals surface area contributed by atoms with Crippen molar-refractivity contribution in [2.45, 2.75) is 25.9 Å². The maximum Gasteiger partial charge on any atom is 0.422 e. The minimum atomic E-state index is -4.46. The number of pyridine rings is 1. The number of hydrogen-bond donors (Lipinski definition) is 0. The van der Waals surface area contributed by atoms with Crippen molar-refractivity contribution in [3.63, 3.8) is 0 Å². The highest BCUT2D eigenvalue weighted by molar-refractivity contribution is 5.95. The van der Waals surface area contributed by atoms with Gasteiger partial charge in [0.15, 0.2) is 6.61 Å². The third-order valence-corrected chi connectivity index (χ3v) is 3.46. The standard InChI is InChI=1S/C16H19F3N2O4/c1-2-24-14(22)9-21(8-11-3-4-11)15(23)12-5-6-13(20-7-12)25-10-16(17,18)19/h5-7,11H,2-4,8-10H2,1H3. The molecule has 1 heterocycles. The van der Waals surface area contributed by atoms with Gasteiger partial charge in [0, 0.05) is 18.8 Å². The van der Waals surface area contributed by atoms with E-state index in [0.717, 1.165) is 19.0 Å². The fourth-order valence-electron chi connectivity index (χ4n) is 2.12. The van der Waals surface area contributed by atoms with Gasteiger partial charge in [0.2, 0.25) is 5.88 Å². The Hall–Kier alpha value is -2.32. The molecule has 0 spiro atoms. The molecule has 0 bridgehead atoms. The van der Waals surface area contributed by atoms with Gasteiger partial charge in [0.05, 0.1) is 12.2 Å². The SMILES string of the molecule is CCOC(=O)CN(CC1CC1)C(=O)c1ccc(OCC(F)(F)F)nc1. The zero-order valence-corrected chi connectivity index (χ0v) is 13.7. The van der Waals surface area contributed by atoms with Gasteiger partial charge in [-0.15, -0.1) is 0 Å². The fourth-order valence-corrected chi connectivity index (χ4v) is 2.12. The van der Waals surface area contributed by atoms with E-state index < -0.39 is 24.7 Å². The van der Waals surface area contributed by atoms with Crippen molar-refractivity contribution in [2.75, 3.05) is 26.3 Å². The van der Waals surface area contributed by atoms with Gasteiger partial charge in [0.1, 0.15) is 6.54 Å². The van der Waals surface area contributed by atoms with Crippen molar-refractivity contribution < 1.29 is 32.2 Å². The van der Waals surface area contributed by atoms with E-state index in [1.54, 1.807) is 6.92 Å². The Morgan fingerprint density at radius 2 is 2.04 bits per heavy atom. The first-order chi connectivity index (χ1) is 11.8. The van der Waals surface area contributed by atoms with Crippen molar-refractivity contribution in [3.05, 3.63) is 23.9 Å². The molecule has 1 aliphatic rings. The zero-order valence-electron chi connectivity index (χ0n) is 13.7. The van der Waals surface area contributed by atoms with Gasteiger partial charge in [-0.25, -0.2) is 4.98 Å². The van der Waals surface area contributed by atoms with Gasteiger partial charge < -0.3 is 14.4 Å². The maximum absolute atomic E-state index is 12.5. The molecule has 1 aliphatic carbocycles. The van der Waals surface area contributed by atoms with Crippen molar-refractivity contribution in [3.8, 4) is 5.88 Å². The lowest BCUT2D eigenvalue weighted by Crippen LogP contribution is -2.38. The van der Waals surface area contributed by atoms with Crippen LogP contribution in [-0.2, 0) is 9.53 Å². The highest BCUT2D eigenvalue weighted by atomic mass is 19.4. The summed E-state index contributed by atoms with van der Waals surface area (Å²) < 4.78 is 45.7. The number of aromatic nitrogens is 1. The van der Waals surface area contributed by atoms with Crippen molar-refractivity contribution in [2.24, 2.45) is 5.92 Å². The molecule has 25 heavy (non-hydrogen) atoms. The average Bonchev–Trinajstić information content (AvgIpc) is 3.36. The third kappa shape index (κ3) is 6.60. The number of ether oxygens (including phenoxy) is 2. The molecule has 2 rings (SSSR count). The van der Waals surface area contributed by atoms with Crippen LogP contribution in [0.3, 0.4) is 0 Å². The second-order valence-electron chi connectivity index (χ2n) is 5.72. The molecule has 0 atom stereocenters. The zero-order chi connectivity index (χ0) is 18.4. The number of hydrogen-bond acceptors (Lipinski definition) is 5. The molecule has 1 saturated carbocycles. The van der Waals surface area contributed by atoms with Gasteiger partial charge in [-0.2, -0.15) is 13.2 Å². The second kappa shape index (κ2) is 8.17. The van der Waals surface area contributed by atoms with Crippen LogP contribution in [0.4, 0.5) is 13.2 Å². The van der Waals surface area contributed by atoms with Crippen LogP contribution in [0.2, 0.25) is 0 Å². The van der Waals surface area contributed by atoms with Crippen LogP contribution >= 0.6 is 0 Å². The molecule has 9 heteroatoms. The summed E-state index contributed by atoms with van der Waals surface area (Å²) in [5.41, 5.74) is 0.171. The van der Waals surface area contributed by atoms with E-state index in [9.17, 15) is 22.8 Å². The first kappa shape index (κ1) is 19.0. The molecular weight excluding hydrogens is 341 g/mol. The average molecular weight is 360 g/mol. The van der Waals surface area contributed by atoms with E-state index in [1.165, 1.54) is 17.0 Å². The highest BCUT2D eigenvalue weighted by Gasteiger charge is 2.30. The lowest BCUT2D eigenvalue weighted by atomic mass is 10.2. The van der Waals surface area contributed by atoms with Crippen LogP contribution in [0.5, 0.6) is 5.88 Å². The van der Waals surface area contributed by atoms with Crippen molar-refractivity contribution >= 4 is 11.9 Å². The number of amides is 1. The Balaban J connectivity index is 2.00. The van der Waals surface area contributed by atoms with Gasteiger partial charge >= 0.3 is 12.1 Å². The molecular formula is C16H19F3N2O4. The molecule has 1 amide bonds. The predicted molar refractivity (Wildman–Crippen MR) is 81.0 cm³/mol. The van der Waals surface area contributed by atoms with E-state index in [-0.39, 0.29) is 24.6 Å². The largest absolute Gasteiger partial charge is 0.468 e. The van der Waals surface area contributed by atoms with Crippen LogP contribution in [0, 0.1) is 5.92 Å². The molecule has 0 unspecified atom stereocenters. The van der Waals surface area contributed by atoms with E-state index in [0.29, 0.717) is 12.5 Å². The quantitative estimate of drug-likeness (QED) is 0.666. The molecule has 0 radical (unpaired) electrons. The molecule has 0 aromatic carbocycles. The summed E-state index contributed by atoms with van der Waals surface area (Å²) >= 11 is 0. The van der Waals surface area contributed by atoms with Crippen LogP contribution in [0.15, 0.2) is 18.3 Å². The van der Waals surface area contributed by atoms with Gasteiger partial charge in [-0.1, -0.05) is 0 Å². The second-order valence-corrected chi connectivity index (χ2v) is 5.72. The van der Waals surface area contributed by atoms with Crippen LogP contribution < -0.4 is 4.74 Å².